The van der Waals surface area contributed by atoms with Crippen LogP contribution < -0.4 is 5.73 Å². The first-order chi connectivity index (χ1) is 6.68. The minimum atomic E-state index is -0.182. The van der Waals surface area contributed by atoms with E-state index in [9.17, 15) is 4.39 Å². The topological polar surface area (TPSA) is 26.0 Å². The Morgan fingerprint density at radius 1 is 1.43 bits per heavy atom. The molecule has 0 amide bonds. The second kappa shape index (κ2) is 4.14. The molecule has 0 saturated heterocycles. The fraction of sp³-hybridized carbons (Fsp3) is 0.455. The largest absolute Gasteiger partial charge is 0.324 e. The SMILES string of the molecule is N[C@@H](c1ccc(F)cc1I)C1CCC1. The Hall–Kier alpha value is -0.160. The quantitative estimate of drug-likeness (QED) is 0.834. The molecule has 0 spiro atoms. The maximum Gasteiger partial charge on any atom is 0.124 e. The Morgan fingerprint density at radius 2 is 2.14 bits per heavy atom. The first-order valence-electron chi connectivity index (χ1n) is 4.89. The predicted molar refractivity (Wildman–Crippen MR) is 63.4 cm³/mol. The second-order valence-corrected chi connectivity index (χ2v) is 5.04. The van der Waals surface area contributed by atoms with Gasteiger partial charge in [0.25, 0.3) is 0 Å². The van der Waals surface area contributed by atoms with Crippen molar-refractivity contribution in [1.29, 1.82) is 0 Å². The van der Waals surface area contributed by atoms with Gasteiger partial charge in [-0.3, -0.25) is 0 Å². The summed E-state index contributed by atoms with van der Waals surface area (Å²) in [4.78, 5) is 0. The normalized spacial score (nSPS) is 19.1. The Kier molecular flexibility index (Phi) is 3.07. The molecule has 0 aromatic heterocycles. The summed E-state index contributed by atoms with van der Waals surface area (Å²) in [5, 5.41) is 0. The van der Waals surface area contributed by atoms with Crippen LogP contribution in [0.1, 0.15) is 30.9 Å². The van der Waals surface area contributed by atoms with Crippen molar-refractivity contribution >= 4 is 22.6 Å². The van der Waals surface area contributed by atoms with Gasteiger partial charge >= 0.3 is 0 Å². The zero-order valence-electron chi connectivity index (χ0n) is 7.84. The summed E-state index contributed by atoms with van der Waals surface area (Å²) in [7, 11) is 0. The van der Waals surface area contributed by atoms with Crippen LogP contribution in [-0.2, 0) is 0 Å². The van der Waals surface area contributed by atoms with Crippen LogP contribution in [0.4, 0.5) is 4.39 Å². The molecule has 2 rings (SSSR count). The molecular weight excluding hydrogens is 292 g/mol. The van der Waals surface area contributed by atoms with Crippen molar-refractivity contribution in [2.24, 2.45) is 11.7 Å². The Balaban J connectivity index is 2.22. The van der Waals surface area contributed by atoms with Gasteiger partial charge in [0.2, 0.25) is 0 Å². The zero-order chi connectivity index (χ0) is 10.1. The highest BCUT2D eigenvalue weighted by Gasteiger charge is 2.26. The first kappa shape index (κ1) is 10.4. The molecule has 1 aliphatic rings. The van der Waals surface area contributed by atoms with Crippen molar-refractivity contribution in [2.45, 2.75) is 25.3 Å². The van der Waals surface area contributed by atoms with Crippen LogP contribution in [0.2, 0.25) is 0 Å². The molecule has 0 aliphatic heterocycles. The fourth-order valence-corrected chi connectivity index (χ4v) is 2.66. The van der Waals surface area contributed by atoms with E-state index in [4.69, 9.17) is 5.73 Å². The lowest BCUT2D eigenvalue weighted by atomic mass is 9.78. The van der Waals surface area contributed by atoms with Gasteiger partial charge in [-0.1, -0.05) is 12.5 Å². The van der Waals surface area contributed by atoms with Gasteiger partial charge in [0, 0.05) is 9.61 Å². The van der Waals surface area contributed by atoms with E-state index >= 15 is 0 Å². The van der Waals surface area contributed by atoms with E-state index in [1.807, 2.05) is 6.07 Å². The van der Waals surface area contributed by atoms with Gasteiger partial charge in [-0.2, -0.15) is 0 Å². The molecule has 1 aromatic rings. The van der Waals surface area contributed by atoms with Crippen LogP contribution in [0.15, 0.2) is 18.2 Å². The summed E-state index contributed by atoms with van der Waals surface area (Å²) in [6.07, 6.45) is 3.72. The van der Waals surface area contributed by atoms with E-state index in [1.54, 1.807) is 6.07 Å². The van der Waals surface area contributed by atoms with Crippen molar-refractivity contribution in [3.05, 3.63) is 33.1 Å². The standard InChI is InChI=1S/C11H13FIN/c12-8-4-5-9(10(13)6-8)11(14)7-2-1-3-7/h4-7,11H,1-3,14H2/t11-/m1/s1. The van der Waals surface area contributed by atoms with Crippen LogP contribution in [0.25, 0.3) is 0 Å². The zero-order valence-corrected chi connectivity index (χ0v) is 10.00. The molecule has 1 atom stereocenters. The third-order valence-electron chi connectivity index (χ3n) is 2.98. The molecule has 76 valence electrons. The molecule has 1 fully saturated rings. The minimum absolute atomic E-state index is 0.0937. The monoisotopic (exact) mass is 305 g/mol. The van der Waals surface area contributed by atoms with E-state index in [2.05, 4.69) is 22.6 Å². The highest BCUT2D eigenvalue weighted by Crippen LogP contribution is 2.37. The maximum absolute atomic E-state index is 12.9. The highest BCUT2D eigenvalue weighted by atomic mass is 127. The van der Waals surface area contributed by atoms with Gasteiger partial charge in [-0.15, -0.1) is 0 Å². The van der Waals surface area contributed by atoms with Crippen LogP contribution in [0.5, 0.6) is 0 Å². The predicted octanol–water partition coefficient (Wildman–Crippen LogP) is 3.23. The number of nitrogens with two attached hydrogens (primary N) is 1. The van der Waals surface area contributed by atoms with Gasteiger partial charge < -0.3 is 5.73 Å². The first-order valence-corrected chi connectivity index (χ1v) is 5.97. The van der Waals surface area contributed by atoms with Crippen molar-refractivity contribution in [3.63, 3.8) is 0 Å². The van der Waals surface area contributed by atoms with Crippen LogP contribution in [-0.4, -0.2) is 0 Å². The molecule has 0 radical (unpaired) electrons. The fourth-order valence-electron chi connectivity index (χ4n) is 1.82. The van der Waals surface area contributed by atoms with Crippen molar-refractivity contribution in [3.8, 4) is 0 Å². The molecule has 0 unspecified atom stereocenters. The van der Waals surface area contributed by atoms with Gasteiger partial charge in [-0.25, -0.2) is 4.39 Å². The summed E-state index contributed by atoms with van der Waals surface area (Å²) in [6, 6.07) is 4.96. The molecule has 2 N–H and O–H groups in total. The third-order valence-corrected chi connectivity index (χ3v) is 3.91. The summed E-state index contributed by atoms with van der Waals surface area (Å²) in [5.41, 5.74) is 7.22. The smallest absolute Gasteiger partial charge is 0.124 e. The summed E-state index contributed by atoms with van der Waals surface area (Å²) < 4.78 is 13.8. The molecule has 1 aliphatic carbocycles. The molecule has 0 bridgehead atoms. The van der Waals surface area contributed by atoms with Gasteiger partial charge in [-0.05, 0) is 59.0 Å². The van der Waals surface area contributed by atoms with E-state index < -0.39 is 0 Å². The number of benzene rings is 1. The summed E-state index contributed by atoms with van der Waals surface area (Å²) >= 11 is 2.16. The molecule has 1 aromatic carbocycles. The average molecular weight is 305 g/mol. The van der Waals surface area contributed by atoms with Gasteiger partial charge in [0.05, 0.1) is 0 Å². The maximum atomic E-state index is 12.9. The summed E-state index contributed by atoms with van der Waals surface area (Å²) in [5.74, 6) is 0.424. The van der Waals surface area contributed by atoms with Crippen LogP contribution in [0.3, 0.4) is 0 Å². The molecule has 1 nitrogen and oxygen atoms in total. The van der Waals surface area contributed by atoms with Crippen molar-refractivity contribution in [2.75, 3.05) is 0 Å². The average Bonchev–Trinajstić information content (AvgIpc) is 2.00. The second-order valence-electron chi connectivity index (χ2n) is 3.88. The molecule has 3 heteroatoms. The molecule has 1 saturated carbocycles. The minimum Gasteiger partial charge on any atom is -0.324 e. The Morgan fingerprint density at radius 3 is 2.64 bits per heavy atom. The lowest BCUT2D eigenvalue weighted by Crippen LogP contribution is -2.27. The molecular formula is C11H13FIN. The van der Waals surface area contributed by atoms with Gasteiger partial charge in [0.1, 0.15) is 5.82 Å². The lowest BCUT2D eigenvalue weighted by Gasteiger charge is -2.32. The number of hydrogen-bond acceptors (Lipinski definition) is 1. The van der Waals surface area contributed by atoms with E-state index in [1.165, 1.54) is 25.3 Å². The Bertz CT molecular complexity index is 336. The third kappa shape index (κ3) is 1.93. The molecule has 14 heavy (non-hydrogen) atoms. The summed E-state index contributed by atoms with van der Waals surface area (Å²) in [6.45, 7) is 0. The van der Waals surface area contributed by atoms with Crippen molar-refractivity contribution in [1.82, 2.24) is 0 Å². The number of rotatable bonds is 2. The van der Waals surface area contributed by atoms with Gasteiger partial charge in [0.15, 0.2) is 0 Å². The van der Waals surface area contributed by atoms with E-state index in [0.717, 1.165) is 9.13 Å². The molecule has 0 heterocycles. The van der Waals surface area contributed by atoms with Crippen LogP contribution in [0, 0.1) is 15.3 Å². The van der Waals surface area contributed by atoms with Crippen LogP contribution >= 0.6 is 22.6 Å². The lowest BCUT2D eigenvalue weighted by molar-refractivity contribution is 0.263. The highest BCUT2D eigenvalue weighted by molar-refractivity contribution is 14.1. The van der Waals surface area contributed by atoms with E-state index in [0.29, 0.717) is 5.92 Å². The number of halogens is 2. The van der Waals surface area contributed by atoms with E-state index in [-0.39, 0.29) is 11.9 Å². The Labute approximate surface area is 97.0 Å². The number of hydrogen-bond donors (Lipinski definition) is 1. The van der Waals surface area contributed by atoms with Crippen molar-refractivity contribution < 1.29 is 4.39 Å².